The Labute approximate surface area is 123 Å². The van der Waals surface area contributed by atoms with E-state index < -0.39 is 0 Å². The van der Waals surface area contributed by atoms with Gasteiger partial charge in [-0.05, 0) is 50.4 Å². The molecule has 2 saturated carbocycles. The van der Waals surface area contributed by atoms with Crippen LogP contribution in [0.2, 0.25) is 0 Å². The Bertz CT molecular complexity index is 337. The number of carbonyl (C=O) groups excluding carboxylic acids is 1. The van der Waals surface area contributed by atoms with Gasteiger partial charge >= 0.3 is 0 Å². The van der Waals surface area contributed by atoms with E-state index in [1.165, 1.54) is 38.5 Å². The predicted molar refractivity (Wildman–Crippen MR) is 81.5 cm³/mol. The lowest BCUT2D eigenvalue weighted by molar-refractivity contribution is -0.134. The quantitative estimate of drug-likeness (QED) is 0.838. The van der Waals surface area contributed by atoms with Crippen molar-refractivity contribution in [2.75, 3.05) is 6.54 Å². The number of amides is 1. The molecular formula is C17H30N2O. The monoisotopic (exact) mass is 278 g/mol. The van der Waals surface area contributed by atoms with Gasteiger partial charge in [0.05, 0.1) is 6.04 Å². The van der Waals surface area contributed by atoms with Crippen LogP contribution in [0, 0.1) is 11.8 Å². The minimum absolute atomic E-state index is 0.121. The largest absolute Gasteiger partial charge is 0.338 e. The minimum atomic E-state index is 0.121. The average molecular weight is 278 g/mol. The molecule has 114 valence electrons. The van der Waals surface area contributed by atoms with Crippen LogP contribution in [0.1, 0.15) is 65.2 Å². The molecular weight excluding hydrogens is 248 g/mol. The molecule has 1 saturated heterocycles. The van der Waals surface area contributed by atoms with Crippen molar-refractivity contribution in [1.82, 2.24) is 10.2 Å². The standard InChI is InChI=1S/C17H30N2O/c1-12(2)9-10-19(14-7-8-14)17(20)16-11-13-5-3-4-6-15(13)18-16/h12-16,18H,3-11H2,1-2H3. The lowest BCUT2D eigenvalue weighted by Gasteiger charge is -2.27. The molecule has 1 aliphatic heterocycles. The molecule has 1 heterocycles. The first-order valence-electron chi connectivity index (χ1n) is 8.71. The van der Waals surface area contributed by atoms with Crippen molar-refractivity contribution in [2.24, 2.45) is 11.8 Å². The van der Waals surface area contributed by atoms with E-state index in [1.54, 1.807) is 0 Å². The smallest absolute Gasteiger partial charge is 0.239 e. The number of fused-ring (bicyclic) bond motifs is 1. The fraction of sp³-hybridized carbons (Fsp3) is 0.941. The van der Waals surface area contributed by atoms with E-state index in [4.69, 9.17) is 0 Å². The fourth-order valence-electron chi connectivity index (χ4n) is 3.97. The van der Waals surface area contributed by atoms with Crippen molar-refractivity contribution in [1.29, 1.82) is 0 Å². The van der Waals surface area contributed by atoms with E-state index in [0.29, 0.717) is 23.9 Å². The summed E-state index contributed by atoms with van der Waals surface area (Å²) in [6.45, 7) is 5.46. The zero-order valence-electron chi connectivity index (χ0n) is 13.1. The molecule has 3 heteroatoms. The number of nitrogens with zero attached hydrogens (tertiary/aromatic N) is 1. The van der Waals surface area contributed by atoms with Crippen molar-refractivity contribution in [3.63, 3.8) is 0 Å². The SMILES string of the molecule is CC(C)CCN(C(=O)C1CC2CCCCC2N1)C1CC1. The van der Waals surface area contributed by atoms with Gasteiger partial charge in [-0.2, -0.15) is 0 Å². The molecule has 3 unspecified atom stereocenters. The van der Waals surface area contributed by atoms with Crippen LogP contribution >= 0.6 is 0 Å². The Morgan fingerprint density at radius 3 is 2.60 bits per heavy atom. The highest BCUT2D eigenvalue weighted by atomic mass is 16.2. The molecule has 1 amide bonds. The lowest BCUT2D eigenvalue weighted by atomic mass is 9.85. The number of hydrogen-bond acceptors (Lipinski definition) is 2. The molecule has 0 aromatic rings. The van der Waals surface area contributed by atoms with Gasteiger partial charge in [0.2, 0.25) is 5.91 Å². The molecule has 3 nitrogen and oxygen atoms in total. The summed E-state index contributed by atoms with van der Waals surface area (Å²) in [5.74, 6) is 1.86. The number of nitrogens with one attached hydrogen (secondary N) is 1. The molecule has 0 radical (unpaired) electrons. The van der Waals surface area contributed by atoms with E-state index in [-0.39, 0.29) is 6.04 Å². The normalized spacial score (nSPS) is 33.2. The van der Waals surface area contributed by atoms with Crippen molar-refractivity contribution < 1.29 is 4.79 Å². The van der Waals surface area contributed by atoms with Gasteiger partial charge in [-0.15, -0.1) is 0 Å². The molecule has 0 bridgehead atoms. The van der Waals surface area contributed by atoms with Crippen molar-refractivity contribution in [3.05, 3.63) is 0 Å². The van der Waals surface area contributed by atoms with Gasteiger partial charge in [0.25, 0.3) is 0 Å². The van der Waals surface area contributed by atoms with Gasteiger partial charge in [0.15, 0.2) is 0 Å². The summed E-state index contributed by atoms with van der Waals surface area (Å²) in [4.78, 5) is 15.0. The second-order valence-corrected chi connectivity index (χ2v) is 7.55. The fourth-order valence-corrected chi connectivity index (χ4v) is 3.97. The maximum absolute atomic E-state index is 12.8. The molecule has 3 atom stereocenters. The maximum atomic E-state index is 12.8. The van der Waals surface area contributed by atoms with Crippen LogP contribution in [0.25, 0.3) is 0 Å². The number of carbonyl (C=O) groups is 1. The lowest BCUT2D eigenvalue weighted by Crippen LogP contribution is -2.47. The van der Waals surface area contributed by atoms with Crippen LogP contribution in [0.4, 0.5) is 0 Å². The van der Waals surface area contributed by atoms with Gasteiger partial charge < -0.3 is 10.2 Å². The molecule has 3 fully saturated rings. The summed E-state index contributed by atoms with van der Waals surface area (Å²) in [7, 11) is 0. The summed E-state index contributed by atoms with van der Waals surface area (Å²) in [5, 5.41) is 3.65. The van der Waals surface area contributed by atoms with Crippen molar-refractivity contribution >= 4 is 5.91 Å². The van der Waals surface area contributed by atoms with E-state index >= 15 is 0 Å². The first kappa shape index (κ1) is 14.4. The Hall–Kier alpha value is -0.570. The van der Waals surface area contributed by atoms with Crippen molar-refractivity contribution in [3.8, 4) is 0 Å². The first-order valence-corrected chi connectivity index (χ1v) is 8.71. The number of hydrogen-bond donors (Lipinski definition) is 1. The van der Waals surface area contributed by atoms with Gasteiger partial charge in [0, 0.05) is 18.6 Å². The van der Waals surface area contributed by atoms with E-state index in [9.17, 15) is 4.79 Å². The second kappa shape index (κ2) is 6.05. The maximum Gasteiger partial charge on any atom is 0.239 e. The highest BCUT2D eigenvalue weighted by Gasteiger charge is 2.42. The highest BCUT2D eigenvalue weighted by Crippen LogP contribution is 2.35. The van der Waals surface area contributed by atoms with E-state index in [0.717, 1.165) is 25.3 Å². The third-order valence-electron chi connectivity index (χ3n) is 5.38. The Kier molecular flexibility index (Phi) is 4.34. The summed E-state index contributed by atoms with van der Waals surface area (Å²) in [5.41, 5.74) is 0. The molecule has 2 aliphatic carbocycles. The Morgan fingerprint density at radius 2 is 1.95 bits per heavy atom. The molecule has 0 aromatic heterocycles. The third-order valence-corrected chi connectivity index (χ3v) is 5.38. The molecule has 3 aliphatic rings. The average Bonchev–Trinajstić information content (AvgIpc) is 3.16. The third kappa shape index (κ3) is 3.19. The van der Waals surface area contributed by atoms with Crippen molar-refractivity contribution in [2.45, 2.75) is 83.3 Å². The van der Waals surface area contributed by atoms with Crippen LogP contribution in [0.15, 0.2) is 0 Å². The molecule has 0 aromatic carbocycles. The minimum Gasteiger partial charge on any atom is -0.338 e. The summed E-state index contributed by atoms with van der Waals surface area (Å²) in [6, 6.07) is 1.31. The van der Waals surface area contributed by atoms with Crippen LogP contribution < -0.4 is 5.32 Å². The number of rotatable bonds is 5. The van der Waals surface area contributed by atoms with Crippen LogP contribution in [-0.4, -0.2) is 35.5 Å². The van der Waals surface area contributed by atoms with Gasteiger partial charge in [-0.25, -0.2) is 0 Å². The Morgan fingerprint density at radius 1 is 1.20 bits per heavy atom. The Balaban J connectivity index is 1.58. The topological polar surface area (TPSA) is 32.3 Å². The zero-order valence-corrected chi connectivity index (χ0v) is 13.1. The summed E-state index contributed by atoms with van der Waals surface area (Å²) < 4.78 is 0. The van der Waals surface area contributed by atoms with E-state index in [2.05, 4.69) is 24.1 Å². The first-order chi connectivity index (χ1) is 9.65. The molecule has 1 N–H and O–H groups in total. The van der Waals surface area contributed by atoms with Crippen LogP contribution in [-0.2, 0) is 4.79 Å². The van der Waals surface area contributed by atoms with Gasteiger partial charge in [-0.3, -0.25) is 4.79 Å². The van der Waals surface area contributed by atoms with Gasteiger partial charge in [0.1, 0.15) is 0 Å². The van der Waals surface area contributed by atoms with Crippen LogP contribution in [0.3, 0.4) is 0 Å². The predicted octanol–water partition coefficient (Wildman–Crippen LogP) is 2.94. The van der Waals surface area contributed by atoms with Crippen LogP contribution in [0.5, 0.6) is 0 Å². The summed E-state index contributed by atoms with van der Waals surface area (Å²) >= 11 is 0. The highest BCUT2D eigenvalue weighted by molar-refractivity contribution is 5.83. The zero-order chi connectivity index (χ0) is 14.1. The second-order valence-electron chi connectivity index (χ2n) is 7.55. The molecule has 0 spiro atoms. The summed E-state index contributed by atoms with van der Waals surface area (Å²) in [6.07, 6.45) is 10.0. The van der Waals surface area contributed by atoms with E-state index in [1.807, 2.05) is 0 Å². The van der Waals surface area contributed by atoms with Gasteiger partial charge in [-0.1, -0.05) is 26.7 Å². The molecule has 20 heavy (non-hydrogen) atoms. The molecule has 3 rings (SSSR count).